The summed E-state index contributed by atoms with van der Waals surface area (Å²) in [6.07, 6.45) is 0. The van der Waals surface area contributed by atoms with Crippen LogP contribution < -0.4 is 10.6 Å². The highest BCUT2D eigenvalue weighted by Gasteiger charge is 2.70. The van der Waals surface area contributed by atoms with Gasteiger partial charge in [0.1, 0.15) is 12.1 Å². The van der Waals surface area contributed by atoms with Crippen molar-refractivity contribution in [3.63, 3.8) is 0 Å². The molecule has 1 saturated heterocycles. The molecular formula is C28H43N3O6S. The average Bonchev–Trinajstić information content (AvgIpc) is 3.14. The largest absolute Gasteiger partial charge is 0.467 e. The van der Waals surface area contributed by atoms with Crippen molar-refractivity contribution in [3.8, 4) is 0 Å². The Kier molecular flexibility index (Phi) is 8.56. The number of esters is 1. The highest BCUT2D eigenvalue weighted by atomic mass is 32.2. The Balaban J connectivity index is 1.72. The summed E-state index contributed by atoms with van der Waals surface area (Å²) in [6, 6.07) is 6.03. The Bertz CT molecular complexity index is 1140. The normalized spacial score (nSPS) is 23.8. The Morgan fingerprint density at radius 3 is 2.24 bits per heavy atom. The number of benzene rings is 1. The molecule has 2 fully saturated rings. The summed E-state index contributed by atoms with van der Waals surface area (Å²) >= 11 is 0. The maximum absolute atomic E-state index is 13.8. The van der Waals surface area contributed by atoms with Crippen molar-refractivity contribution in [2.24, 2.45) is 28.6 Å². The van der Waals surface area contributed by atoms with E-state index >= 15 is 0 Å². The summed E-state index contributed by atoms with van der Waals surface area (Å²) < 4.78 is 30.8. The SMILES string of the molecule is COC(=O)[C@@H]1[C@@H]2[C@H](CN1C(=O)[C@@H](NC(=O)N[C@H](CS(=O)(=O)Cc1ccccc1)C(C)C)C(C)(C)C)C2(C)C. The molecule has 0 unspecified atom stereocenters. The van der Waals surface area contributed by atoms with Crippen molar-refractivity contribution in [2.45, 2.75) is 72.3 Å². The molecule has 3 rings (SSSR count). The number of carbonyl (C=O) groups is 3. The molecule has 1 aromatic rings. The summed E-state index contributed by atoms with van der Waals surface area (Å²) in [7, 11) is -2.19. The number of likely N-dealkylation sites (tertiary alicyclic amines) is 1. The average molecular weight is 550 g/mol. The first kappa shape index (κ1) is 29.9. The second-order valence-electron chi connectivity index (χ2n) is 12.7. The summed E-state index contributed by atoms with van der Waals surface area (Å²) in [5.74, 6) is -1.08. The van der Waals surface area contributed by atoms with Gasteiger partial charge in [-0.2, -0.15) is 0 Å². The Labute approximate surface area is 227 Å². The van der Waals surface area contributed by atoms with Crippen LogP contribution in [0.3, 0.4) is 0 Å². The topological polar surface area (TPSA) is 122 Å². The maximum Gasteiger partial charge on any atom is 0.328 e. The minimum atomic E-state index is -3.51. The molecule has 0 spiro atoms. The van der Waals surface area contributed by atoms with E-state index in [1.807, 2.05) is 40.7 Å². The van der Waals surface area contributed by atoms with Gasteiger partial charge in [-0.05, 0) is 28.2 Å². The van der Waals surface area contributed by atoms with Crippen molar-refractivity contribution < 1.29 is 27.5 Å². The summed E-state index contributed by atoms with van der Waals surface area (Å²) in [6.45, 7) is 13.8. The number of urea groups is 1. The monoisotopic (exact) mass is 549 g/mol. The zero-order valence-electron chi connectivity index (χ0n) is 23.8. The lowest BCUT2D eigenvalue weighted by atomic mass is 9.85. The van der Waals surface area contributed by atoms with Crippen molar-refractivity contribution in [2.75, 3.05) is 19.4 Å². The second kappa shape index (κ2) is 10.9. The minimum Gasteiger partial charge on any atom is -0.467 e. The van der Waals surface area contributed by atoms with Crippen molar-refractivity contribution in [1.82, 2.24) is 15.5 Å². The number of nitrogens with zero attached hydrogens (tertiary/aromatic N) is 1. The van der Waals surface area contributed by atoms with Crippen LogP contribution >= 0.6 is 0 Å². The molecule has 1 heterocycles. The predicted octanol–water partition coefficient (Wildman–Crippen LogP) is 3.00. The maximum atomic E-state index is 13.8. The molecule has 0 radical (unpaired) electrons. The second-order valence-corrected chi connectivity index (χ2v) is 14.8. The summed E-state index contributed by atoms with van der Waals surface area (Å²) in [5.41, 5.74) is -0.0258. The van der Waals surface area contributed by atoms with Crippen molar-refractivity contribution >= 4 is 27.7 Å². The molecule has 1 aliphatic carbocycles. The predicted molar refractivity (Wildman–Crippen MR) is 146 cm³/mol. The molecule has 5 atom stereocenters. The van der Waals surface area contributed by atoms with Gasteiger partial charge in [0, 0.05) is 18.5 Å². The molecule has 2 aliphatic rings. The van der Waals surface area contributed by atoms with Gasteiger partial charge in [0.25, 0.3) is 0 Å². The van der Waals surface area contributed by atoms with E-state index in [0.29, 0.717) is 12.1 Å². The molecule has 3 amide bonds. The van der Waals surface area contributed by atoms with E-state index in [4.69, 9.17) is 4.74 Å². The Hall–Kier alpha value is -2.62. The fraction of sp³-hybridized carbons (Fsp3) is 0.679. The lowest BCUT2D eigenvalue weighted by Crippen LogP contribution is -2.60. The van der Waals surface area contributed by atoms with Gasteiger partial charge in [0.2, 0.25) is 5.91 Å². The Morgan fingerprint density at radius 1 is 1.11 bits per heavy atom. The highest BCUT2D eigenvalue weighted by molar-refractivity contribution is 7.90. The molecule has 2 N–H and O–H groups in total. The van der Waals surface area contributed by atoms with Gasteiger partial charge < -0.3 is 20.3 Å². The van der Waals surface area contributed by atoms with Gasteiger partial charge in [-0.3, -0.25) is 4.79 Å². The summed E-state index contributed by atoms with van der Waals surface area (Å²) in [4.78, 5) is 41.1. The van der Waals surface area contributed by atoms with Gasteiger partial charge in [0.05, 0.1) is 18.6 Å². The van der Waals surface area contributed by atoms with Crippen LogP contribution in [0.1, 0.15) is 54.0 Å². The van der Waals surface area contributed by atoms with Crippen LogP contribution in [0.2, 0.25) is 0 Å². The van der Waals surface area contributed by atoms with Crippen molar-refractivity contribution in [1.29, 1.82) is 0 Å². The fourth-order valence-electron chi connectivity index (χ4n) is 5.62. The minimum absolute atomic E-state index is 0.0217. The van der Waals surface area contributed by atoms with E-state index in [-0.39, 0.29) is 40.6 Å². The van der Waals surface area contributed by atoms with Crippen LogP contribution in [0, 0.1) is 28.6 Å². The van der Waals surface area contributed by atoms with Crippen LogP contribution in [-0.2, 0) is 29.9 Å². The van der Waals surface area contributed by atoms with Crippen LogP contribution in [-0.4, -0.2) is 68.8 Å². The zero-order chi connectivity index (χ0) is 28.6. The van der Waals surface area contributed by atoms with E-state index in [0.717, 1.165) is 0 Å². The van der Waals surface area contributed by atoms with E-state index in [1.54, 1.807) is 29.2 Å². The highest BCUT2D eigenvalue weighted by Crippen LogP contribution is 2.65. The van der Waals surface area contributed by atoms with Crippen LogP contribution in [0.15, 0.2) is 30.3 Å². The Morgan fingerprint density at radius 2 is 1.71 bits per heavy atom. The molecule has 1 saturated carbocycles. The van der Waals surface area contributed by atoms with Gasteiger partial charge >= 0.3 is 12.0 Å². The molecule has 1 aromatic carbocycles. The number of methoxy groups -OCH3 is 1. The van der Waals surface area contributed by atoms with Crippen LogP contribution in [0.5, 0.6) is 0 Å². The number of sulfone groups is 1. The smallest absolute Gasteiger partial charge is 0.328 e. The number of nitrogens with one attached hydrogen (secondary N) is 2. The number of hydrogen-bond acceptors (Lipinski definition) is 6. The van der Waals surface area contributed by atoms with E-state index in [1.165, 1.54) is 7.11 Å². The van der Waals surface area contributed by atoms with E-state index in [9.17, 15) is 22.8 Å². The third-order valence-electron chi connectivity index (χ3n) is 8.11. The van der Waals surface area contributed by atoms with E-state index in [2.05, 4.69) is 24.5 Å². The van der Waals surface area contributed by atoms with Crippen LogP contribution in [0.4, 0.5) is 4.79 Å². The zero-order valence-corrected chi connectivity index (χ0v) is 24.6. The molecule has 1 aliphatic heterocycles. The molecule has 0 bridgehead atoms. The number of ether oxygens (including phenoxy) is 1. The number of hydrogen-bond donors (Lipinski definition) is 2. The van der Waals surface area contributed by atoms with Crippen molar-refractivity contribution in [3.05, 3.63) is 35.9 Å². The molecule has 38 heavy (non-hydrogen) atoms. The number of piperidine rings is 1. The van der Waals surface area contributed by atoms with Crippen LogP contribution in [0.25, 0.3) is 0 Å². The first-order valence-corrected chi connectivity index (χ1v) is 15.0. The first-order valence-electron chi connectivity index (χ1n) is 13.2. The third kappa shape index (κ3) is 6.50. The van der Waals surface area contributed by atoms with Gasteiger partial charge in [-0.15, -0.1) is 0 Å². The fourth-order valence-corrected chi connectivity index (χ4v) is 7.45. The number of fused-ring (bicyclic) bond motifs is 1. The molecule has 9 nitrogen and oxygen atoms in total. The lowest BCUT2D eigenvalue weighted by molar-refractivity contribution is -0.154. The van der Waals surface area contributed by atoms with Gasteiger partial charge in [-0.25, -0.2) is 18.0 Å². The number of amides is 3. The molecule has 0 aromatic heterocycles. The lowest BCUT2D eigenvalue weighted by Gasteiger charge is -2.37. The van der Waals surface area contributed by atoms with E-state index < -0.39 is 45.4 Å². The summed E-state index contributed by atoms with van der Waals surface area (Å²) in [5, 5.41) is 5.58. The first-order chi connectivity index (χ1) is 17.5. The third-order valence-corrected chi connectivity index (χ3v) is 9.75. The number of carbonyl (C=O) groups excluding carboxylic acids is 3. The van der Waals surface area contributed by atoms with Gasteiger partial charge in [0.15, 0.2) is 9.84 Å². The quantitative estimate of drug-likeness (QED) is 0.457. The molecular weight excluding hydrogens is 506 g/mol. The van der Waals surface area contributed by atoms with Gasteiger partial charge in [-0.1, -0.05) is 78.8 Å². The standard InChI is InChI=1S/C28H43N3O6S/c1-17(2)20(16-38(35,36)15-18-12-10-9-11-13-18)29-26(34)30-23(27(3,4)5)24(32)31-14-19-21(28(19,6)7)22(31)25(33)37-8/h9-13,17,19-23H,14-16H2,1-8H3,(H2,29,30,34)/t19-,20+,21-,22-,23+/m0/s1. The molecule has 10 heteroatoms. The number of rotatable bonds is 9. The molecule has 212 valence electrons.